The SMILES string of the molecule is COCC1[C@@H](NS(C)(=O)=O)CCN1C(=O)COc1ncnc(C)c1C. The first-order valence-corrected chi connectivity index (χ1v) is 9.78. The number of aromatic nitrogens is 2. The maximum Gasteiger partial charge on any atom is 0.260 e. The highest BCUT2D eigenvalue weighted by molar-refractivity contribution is 7.88. The van der Waals surface area contributed by atoms with Gasteiger partial charge in [0.2, 0.25) is 15.9 Å². The zero-order valence-corrected chi connectivity index (χ0v) is 15.7. The molecule has 0 saturated carbocycles. The van der Waals surface area contributed by atoms with Crippen LogP contribution in [0.5, 0.6) is 5.88 Å². The van der Waals surface area contributed by atoms with Gasteiger partial charge in [0.05, 0.1) is 18.9 Å². The second-order valence-electron chi connectivity index (χ2n) is 6.07. The summed E-state index contributed by atoms with van der Waals surface area (Å²) in [6.07, 6.45) is 3.01. The van der Waals surface area contributed by atoms with Crippen molar-refractivity contribution in [1.82, 2.24) is 19.6 Å². The van der Waals surface area contributed by atoms with Gasteiger partial charge >= 0.3 is 0 Å². The molecule has 1 fully saturated rings. The largest absolute Gasteiger partial charge is 0.467 e. The van der Waals surface area contributed by atoms with Gasteiger partial charge in [-0.05, 0) is 20.3 Å². The third-order valence-electron chi connectivity index (χ3n) is 4.19. The number of hydrogen-bond acceptors (Lipinski definition) is 7. The minimum absolute atomic E-state index is 0.177. The fourth-order valence-corrected chi connectivity index (χ4v) is 3.65. The molecule has 1 aromatic rings. The number of carbonyl (C=O) groups is 1. The van der Waals surface area contributed by atoms with Crippen LogP contribution in [0.4, 0.5) is 0 Å². The summed E-state index contributed by atoms with van der Waals surface area (Å²) in [5.41, 5.74) is 1.56. The van der Waals surface area contributed by atoms with E-state index in [-0.39, 0.29) is 31.2 Å². The third kappa shape index (κ3) is 5.10. The Labute approximate surface area is 147 Å². The maximum atomic E-state index is 12.5. The number of sulfonamides is 1. The van der Waals surface area contributed by atoms with Crippen LogP contribution in [0.25, 0.3) is 0 Å². The van der Waals surface area contributed by atoms with Crippen molar-refractivity contribution in [2.75, 3.05) is 33.1 Å². The van der Waals surface area contributed by atoms with Gasteiger partial charge < -0.3 is 14.4 Å². The number of hydrogen-bond donors (Lipinski definition) is 1. The van der Waals surface area contributed by atoms with E-state index in [0.29, 0.717) is 18.8 Å². The molecule has 1 N–H and O–H groups in total. The number of carbonyl (C=O) groups excluding carboxylic acids is 1. The normalized spacial score (nSPS) is 20.7. The van der Waals surface area contributed by atoms with E-state index in [0.717, 1.165) is 17.5 Å². The van der Waals surface area contributed by atoms with Gasteiger partial charge in [-0.2, -0.15) is 0 Å². The van der Waals surface area contributed by atoms with Crippen molar-refractivity contribution >= 4 is 15.9 Å². The first kappa shape index (κ1) is 19.5. The van der Waals surface area contributed by atoms with E-state index in [1.807, 2.05) is 13.8 Å². The molecule has 0 bridgehead atoms. The summed E-state index contributed by atoms with van der Waals surface area (Å²) in [4.78, 5) is 22.2. The molecule has 1 aliphatic rings. The van der Waals surface area contributed by atoms with Crippen LogP contribution in [0.15, 0.2) is 6.33 Å². The topological polar surface area (TPSA) is 111 Å². The van der Waals surface area contributed by atoms with E-state index in [1.165, 1.54) is 13.4 Å². The van der Waals surface area contributed by atoms with Crippen molar-refractivity contribution < 1.29 is 22.7 Å². The van der Waals surface area contributed by atoms with Crippen LogP contribution in [0.3, 0.4) is 0 Å². The first-order valence-electron chi connectivity index (χ1n) is 7.89. The molecule has 1 aromatic heterocycles. The van der Waals surface area contributed by atoms with Crippen molar-refractivity contribution in [3.8, 4) is 5.88 Å². The molecule has 2 heterocycles. The van der Waals surface area contributed by atoms with Crippen molar-refractivity contribution in [3.63, 3.8) is 0 Å². The van der Waals surface area contributed by atoms with E-state index in [9.17, 15) is 13.2 Å². The Morgan fingerprint density at radius 1 is 1.40 bits per heavy atom. The molecule has 0 radical (unpaired) electrons. The summed E-state index contributed by atoms with van der Waals surface area (Å²) in [5.74, 6) is 0.129. The van der Waals surface area contributed by atoms with Crippen molar-refractivity contribution in [1.29, 1.82) is 0 Å². The minimum Gasteiger partial charge on any atom is -0.467 e. The number of likely N-dealkylation sites (tertiary alicyclic amines) is 1. The van der Waals surface area contributed by atoms with Crippen LogP contribution in [-0.2, 0) is 19.6 Å². The number of amides is 1. The minimum atomic E-state index is -3.37. The Balaban J connectivity index is 2.03. The summed E-state index contributed by atoms with van der Waals surface area (Å²) in [6.45, 7) is 4.16. The molecule has 1 unspecified atom stereocenters. The predicted molar refractivity (Wildman–Crippen MR) is 90.8 cm³/mol. The summed E-state index contributed by atoms with van der Waals surface area (Å²) < 4.78 is 36.3. The summed E-state index contributed by atoms with van der Waals surface area (Å²) in [6, 6.07) is -0.744. The predicted octanol–water partition coefficient (Wildman–Crippen LogP) is -0.363. The highest BCUT2D eigenvalue weighted by atomic mass is 32.2. The van der Waals surface area contributed by atoms with Gasteiger partial charge in [-0.3, -0.25) is 4.79 Å². The fourth-order valence-electron chi connectivity index (χ4n) is 2.83. The molecule has 140 valence electrons. The molecular formula is C15H24N4O5S. The molecular weight excluding hydrogens is 348 g/mol. The standard InChI is InChI=1S/C15H24N4O5S/c1-10-11(2)16-9-17-15(10)24-8-14(20)19-6-5-12(13(19)7-23-3)18-25(4,21)22/h9,12-13,18H,5-8H2,1-4H3/t12-,13?/m0/s1. The monoisotopic (exact) mass is 372 g/mol. The molecule has 0 aliphatic carbocycles. The van der Waals surface area contributed by atoms with Gasteiger partial charge in [0.25, 0.3) is 5.91 Å². The van der Waals surface area contributed by atoms with Gasteiger partial charge in [0, 0.05) is 31.0 Å². The maximum absolute atomic E-state index is 12.5. The second-order valence-corrected chi connectivity index (χ2v) is 7.85. The van der Waals surface area contributed by atoms with E-state index < -0.39 is 10.0 Å². The summed E-state index contributed by atoms with van der Waals surface area (Å²) in [5, 5.41) is 0. The lowest BCUT2D eigenvalue weighted by molar-refractivity contribution is -0.135. The molecule has 1 amide bonds. The van der Waals surface area contributed by atoms with Gasteiger partial charge in [0.1, 0.15) is 6.33 Å². The van der Waals surface area contributed by atoms with Gasteiger partial charge in [-0.15, -0.1) is 0 Å². The van der Waals surface area contributed by atoms with E-state index in [2.05, 4.69) is 14.7 Å². The van der Waals surface area contributed by atoms with Crippen LogP contribution in [-0.4, -0.2) is 74.4 Å². The molecule has 0 spiro atoms. The van der Waals surface area contributed by atoms with Crippen LogP contribution in [0.2, 0.25) is 0 Å². The molecule has 25 heavy (non-hydrogen) atoms. The van der Waals surface area contributed by atoms with Crippen molar-refractivity contribution in [2.24, 2.45) is 0 Å². The Morgan fingerprint density at radius 3 is 2.76 bits per heavy atom. The first-order chi connectivity index (χ1) is 11.7. The number of methoxy groups -OCH3 is 1. The molecule has 0 aromatic carbocycles. The molecule has 9 nitrogen and oxygen atoms in total. The highest BCUT2D eigenvalue weighted by Gasteiger charge is 2.38. The Kier molecular flexibility index (Phi) is 6.31. The van der Waals surface area contributed by atoms with Crippen molar-refractivity contribution in [2.45, 2.75) is 32.4 Å². The molecule has 1 aliphatic heterocycles. The van der Waals surface area contributed by atoms with Gasteiger partial charge in [0.15, 0.2) is 6.61 Å². The Bertz CT molecular complexity index is 725. The van der Waals surface area contributed by atoms with Crippen LogP contribution < -0.4 is 9.46 Å². The van der Waals surface area contributed by atoms with Gasteiger partial charge in [-0.25, -0.2) is 23.1 Å². The van der Waals surface area contributed by atoms with E-state index in [4.69, 9.17) is 9.47 Å². The number of nitrogens with zero attached hydrogens (tertiary/aromatic N) is 3. The molecule has 2 atom stereocenters. The highest BCUT2D eigenvalue weighted by Crippen LogP contribution is 2.20. The summed E-state index contributed by atoms with van der Waals surface area (Å²) in [7, 11) is -1.85. The van der Waals surface area contributed by atoms with E-state index in [1.54, 1.807) is 4.90 Å². The lowest BCUT2D eigenvalue weighted by Gasteiger charge is -2.27. The Morgan fingerprint density at radius 2 is 2.12 bits per heavy atom. The lowest BCUT2D eigenvalue weighted by atomic mass is 10.1. The Hall–Kier alpha value is -1.78. The third-order valence-corrected chi connectivity index (χ3v) is 4.92. The number of aryl methyl sites for hydroxylation is 1. The average molecular weight is 372 g/mol. The molecule has 1 saturated heterocycles. The quantitative estimate of drug-likeness (QED) is 0.696. The summed E-state index contributed by atoms with van der Waals surface area (Å²) >= 11 is 0. The van der Waals surface area contributed by atoms with Crippen LogP contribution in [0, 0.1) is 13.8 Å². The zero-order chi connectivity index (χ0) is 18.6. The van der Waals surface area contributed by atoms with Crippen LogP contribution in [0.1, 0.15) is 17.7 Å². The average Bonchev–Trinajstić information content (AvgIpc) is 2.90. The van der Waals surface area contributed by atoms with E-state index >= 15 is 0 Å². The zero-order valence-electron chi connectivity index (χ0n) is 14.9. The van der Waals surface area contributed by atoms with Crippen LogP contribution >= 0.6 is 0 Å². The fraction of sp³-hybridized carbons (Fsp3) is 0.667. The molecule has 2 rings (SSSR count). The second kappa shape index (κ2) is 8.07. The lowest BCUT2D eigenvalue weighted by Crippen LogP contribution is -2.49. The number of nitrogens with one attached hydrogen (secondary N) is 1. The number of ether oxygens (including phenoxy) is 2. The van der Waals surface area contributed by atoms with Gasteiger partial charge in [-0.1, -0.05) is 0 Å². The number of rotatable bonds is 7. The molecule has 10 heteroatoms. The van der Waals surface area contributed by atoms with Crippen molar-refractivity contribution in [3.05, 3.63) is 17.6 Å². The smallest absolute Gasteiger partial charge is 0.260 e.